The Bertz CT molecular complexity index is 1380. The summed E-state index contributed by atoms with van der Waals surface area (Å²) in [6, 6.07) is -0.574. The smallest absolute Gasteiger partial charge is 0.341 e. The van der Waals surface area contributed by atoms with Crippen LogP contribution in [0, 0.1) is 63.6 Å². The Balaban J connectivity index is 1.25. The fraction of sp³-hybridized carbons (Fsp3) is 0.914. The second kappa shape index (κ2) is 9.25. The molecule has 5 aliphatic carbocycles. The molecular formula is C35H51NO10. The SMILES string of the molecule is CC(=O)O[C@H]1CC2C([C@@H](O)[C@@H](N)[C@H]3C[C@@H]4O[C@@H]4[C@H](OC(=O)CC(C)C)[C@]23C)[C@@H]2C[C@@H]3[C@H]([C@H](C)[C@H]4O[C@]45OC(=O)[C@@](C)(O)[C@]35C)[C@@]12C. The van der Waals surface area contributed by atoms with E-state index in [2.05, 4.69) is 20.8 Å². The lowest BCUT2D eigenvalue weighted by atomic mass is 9.41. The van der Waals surface area contributed by atoms with Gasteiger partial charge in [0.05, 0.1) is 17.6 Å². The number of fused-ring (bicyclic) bond motifs is 9. The van der Waals surface area contributed by atoms with E-state index in [4.69, 9.17) is 29.4 Å². The molecule has 5 saturated carbocycles. The number of ether oxygens (including phenoxy) is 5. The summed E-state index contributed by atoms with van der Waals surface area (Å²) in [5.74, 6) is -3.63. The van der Waals surface area contributed by atoms with Crippen molar-refractivity contribution in [1.29, 1.82) is 0 Å². The number of epoxide rings is 2. The highest BCUT2D eigenvalue weighted by atomic mass is 16.8. The van der Waals surface area contributed by atoms with Crippen LogP contribution in [0.15, 0.2) is 0 Å². The molecule has 46 heavy (non-hydrogen) atoms. The molecule has 3 saturated heterocycles. The van der Waals surface area contributed by atoms with Crippen LogP contribution in [-0.4, -0.2) is 82.2 Å². The predicted molar refractivity (Wildman–Crippen MR) is 160 cm³/mol. The van der Waals surface area contributed by atoms with E-state index in [0.717, 1.165) is 0 Å². The molecule has 0 radical (unpaired) electrons. The number of carbonyl (C=O) groups excluding carboxylic acids is 3. The molecule has 8 fully saturated rings. The van der Waals surface area contributed by atoms with Gasteiger partial charge in [0, 0.05) is 30.2 Å². The lowest BCUT2D eigenvalue weighted by Gasteiger charge is -2.65. The van der Waals surface area contributed by atoms with Crippen molar-refractivity contribution in [3.05, 3.63) is 0 Å². The van der Waals surface area contributed by atoms with Gasteiger partial charge in [-0.2, -0.15) is 0 Å². The summed E-state index contributed by atoms with van der Waals surface area (Å²) in [5.41, 5.74) is 2.93. The Morgan fingerprint density at radius 3 is 2.35 bits per heavy atom. The maximum atomic E-state index is 13.2. The third-order valence-electron chi connectivity index (χ3n) is 15.3. The van der Waals surface area contributed by atoms with Crippen molar-refractivity contribution in [2.75, 3.05) is 0 Å². The lowest BCUT2D eigenvalue weighted by Crippen LogP contribution is -2.72. The molecule has 11 heteroatoms. The van der Waals surface area contributed by atoms with Gasteiger partial charge in [0.15, 0.2) is 5.60 Å². The van der Waals surface area contributed by atoms with Gasteiger partial charge in [-0.05, 0) is 80.5 Å². The number of hydrogen-bond donors (Lipinski definition) is 3. The van der Waals surface area contributed by atoms with Crippen molar-refractivity contribution in [3.63, 3.8) is 0 Å². The lowest BCUT2D eigenvalue weighted by molar-refractivity contribution is -0.240. The topological polar surface area (TPSA) is 170 Å². The van der Waals surface area contributed by atoms with Crippen LogP contribution < -0.4 is 5.73 Å². The molecule has 3 heterocycles. The van der Waals surface area contributed by atoms with E-state index < -0.39 is 64.1 Å². The molecule has 4 N–H and O–H groups in total. The van der Waals surface area contributed by atoms with Gasteiger partial charge in [-0.15, -0.1) is 0 Å². The van der Waals surface area contributed by atoms with E-state index in [-0.39, 0.29) is 71.5 Å². The van der Waals surface area contributed by atoms with Crippen LogP contribution in [0.1, 0.15) is 81.1 Å². The molecule has 0 aromatic rings. The molecule has 19 atom stereocenters. The summed E-state index contributed by atoms with van der Waals surface area (Å²) in [6.07, 6.45) is -0.596. The Morgan fingerprint density at radius 1 is 1.02 bits per heavy atom. The van der Waals surface area contributed by atoms with Crippen LogP contribution in [-0.2, 0) is 38.1 Å². The number of aliphatic hydroxyl groups is 2. The second-order valence-corrected chi connectivity index (χ2v) is 17.5. The highest BCUT2D eigenvalue weighted by Gasteiger charge is 2.91. The quantitative estimate of drug-likeness (QED) is 0.233. The molecule has 1 spiro atoms. The van der Waals surface area contributed by atoms with Gasteiger partial charge in [-0.1, -0.05) is 34.6 Å². The van der Waals surface area contributed by atoms with Crippen LogP contribution >= 0.6 is 0 Å². The maximum absolute atomic E-state index is 13.2. The third-order valence-corrected chi connectivity index (χ3v) is 15.3. The average molecular weight is 646 g/mol. The molecule has 0 amide bonds. The Morgan fingerprint density at radius 2 is 1.70 bits per heavy atom. The maximum Gasteiger partial charge on any atom is 0.341 e. The van der Waals surface area contributed by atoms with E-state index >= 15 is 0 Å². The minimum Gasteiger partial charge on any atom is -0.462 e. The number of carbonyl (C=O) groups is 3. The van der Waals surface area contributed by atoms with E-state index in [1.54, 1.807) is 0 Å². The van der Waals surface area contributed by atoms with Crippen molar-refractivity contribution >= 4 is 17.9 Å². The molecule has 2 unspecified atom stereocenters. The van der Waals surface area contributed by atoms with Crippen molar-refractivity contribution in [3.8, 4) is 0 Å². The predicted octanol–water partition coefficient (Wildman–Crippen LogP) is 2.33. The van der Waals surface area contributed by atoms with Gasteiger partial charge in [0.1, 0.15) is 24.4 Å². The third kappa shape index (κ3) is 3.45. The van der Waals surface area contributed by atoms with Crippen LogP contribution in [0.5, 0.6) is 0 Å². The number of hydrogen-bond acceptors (Lipinski definition) is 11. The van der Waals surface area contributed by atoms with E-state index in [1.807, 2.05) is 20.8 Å². The largest absolute Gasteiger partial charge is 0.462 e. The summed E-state index contributed by atoms with van der Waals surface area (Å²) in [4.78, 5) is 39.3. The Hall–Kier alpha value is -1.79. The van der Waals surface area contributed by atoms with Crippen molar-refractivity contribution in [2.45, 2.75) is 135 Å². The monoisotopic (exact) mass is 645 g/mol. The van der Waals surface area contributed by atoms with E-state index in [9.17, 15) is 24.6 Å². The summed E-state index contributed by atoms with van der Waals surface area (Å²) < 4.78 is 31.0. The molecule has 8 aliphatic rings. The van der Waals surface area contributed by atoms with Crippen LogP contribution in [0.3, 0.4) is 0 Å². The first-order valence-electron chi connectivity index (χ1n) is 17.5. The summed E-state index contributed by atoms with van der Waals surface area (Å²) >= 11 is 0. The summed E-state index contributed by atoms with van der Waals surface area (Å²) in [7, 11) is 0. The van der Waals surface area contributed by atoms with Gasteiger partial charge in [0.25, 0.3) is 0 Å². The molecule has 0 bridgehead atoms. The first kappa shape index (κ1) is 31.5. The zero-order valence-corrected chi connectivity index (χ0v) is 28.2. The minimum atomic E-state index is -1.79. The number of aliphatic hydroxyl groups excluding tert-OH is 1. The Labute approximate surface area is 270 Å². The Kier molecular flexibility index (Phi) is 6.33. The fourth-order valence-corrected chi connectivity index (χ4v) is 13.1. The highest BCUT2D eigenvalue weighted by molar-refractivity contribution is 5.84. The first-order valence-corrected chi connectivity index (χ1v) is 17.5. The van der Waals surface area contributed by atoms with Gasteiger partial charge < -0.3 is 39.6 Å². The minimum absolute atomic E-state index is 0.0666. The van der Waals surface area contributed by atoms with Crippen LogP contribution in [0.25, 0.3) is 0 Å². The zero-order valence-electron chi connectivity index (χ0n) is 28.2. The van der Waals surface area contributed by atoms with Crippen molar-refractivity contribution in [2.24, 2.45) is 69.3 Å². The standard InChI is InChI=1S/C35H51NO10/c1-13(2)9-22(38)44-29-27-20(43-27)11-19-25(36)26(39)23-16-10-18-24(32(16,6)21(42-15(4)37)12-17(23)31(19,29)5)14(3)28-35(45-28)33(18,7)34(8,41)30(40)46-35/h13-14,16-21,23-29,39,41H,9-12,36H2,1-8H3/t14-,16-,17?,18+,19+,20-,21-,23?,24-,25-,26+,27-,28+,29-,31+,32+,33-,34+,35-/m0/s1. The molecule has 256 valence electrons. The highest BCUT2D eigenvalue weighted by Crippen LogP contribution is 2.80. The molecule has 0 aromatic carbocycles. The summed E-state index contributed by atoms with van der Waals surface area (Å²) in [5, 5.41) is 24.1. The summed E-state index contributed by atoms with van der Waals surface area (Å²) in [6.45, 7) is 15.3. The van der Waals surface area contributed by atoms with Crippen molar-refractivity contribution in [1.82, 2.24) is 0 Å². The molecular weight excluding hydrogens is 594 g/mol. The number of esters is 3. The van der Waals surface area contributed by atoms with E-state index in [0.29, 0.717) is 25.7 Å². The average Bonchev–Trinajstić information content (AvgIpc) is 3.85. The van der Waals surface area contributed by atoms with E-state index in [1.165, 1.54) is 13.8 Å². The van der Waals surface area contributed by atoms with Gasteiger partial charge >= 0.3 is 17.9 Å². The molecule has 8 rings (SSSR count). The molecule has 0 aromatic heterocycles. The number of rotatable bonds is 4. The van der Waals surface area contributed by atoms with Gasteiger partial charge in [0.2, 0.25) is 5.79 Å². The number of nitrogens with two attached hydrogens (primary N) is 1. The normalized spacial score (nSPS) is 60.3. The van der Waals surface area contributed by atoms with Crippen LogP contribution in [0.4, 0.5) is 0 Å². The molecule has 11 nitrogen and oxygen atoms in total. The second-order valence-electron chi connectivity index (χ2n) is 17.5. The van der Waals surface area contributed by atoms with Crippen LogP contribution in [0.2, 0.25) is 0 Å². The van der Waals surface area contributed by atoms with Crippen molar-refractivity contribution < 1.29 is 48.3 Å². The fourth-order valence-electron chi connectivity index (χ4n) is 13.1. The first-order chi connectivity index (χ1) is 21.4. The zero-order chi connectivity index (χ0) is 33.3. The van der Waals surface area contributed by atoms with Gasteiger partial charge in [-0.25, -0.2) is 4.79 Å². The van der Waals surface area contributed by atoms with Gasteiger partial charge in [-0.3, -0.25) is 9.59 Å². The molecule has 3 aliphatic heterocycles.